The maximum atomic E-state index is 12.9. The molecule has 4 bridgehead atoms. The van der Waals surface area contributed by atoms with Crippen LogP contribution in [0.4, 0.5) is 13.2 Å². The minimum Gasteiger partial charge on any atom is -0.355 e. The molecule has 0 atom stereocenters. The zero-order valence-corrected chi connectivity index (χ0v) is 16.2. The van der Waals surface area contributed by atoms with Crippen LogP contribution in [0.15, 0.2) is 0 Å². The highest BCUT2D eigenvalue weighted by molar-refractivity contribution is 6.31. The maximum Gasteiger partial charge on any atom is 0.436 e. The van der Waals surface area contributed by atoms with Gasteiger partial charge in [0, 0.05) is 13.0 Å². The van der Waals surface area contributed by atoms with Gasteiger partial charge in [-0.3, -0.25) is 9.48 Å². The van der Waals surface area contributed by atoms with Crippen molar-refractivity contribution in [2.75, 3.05) is 6.54 Å². The molecule has 0 unspecified atom stereocenters. The molecule has 1 heterocycles. The molecule has 4 saturated carbocycles. The summed E-state index contributed by atoms with van der Waals surface area (Å²) in [6.07, 6.45) is 3.21. The highest BCUT2D eigenvalue weighted by Gasteiger charge is 2.50. The van der Waals surface area contributed by atoms with Crippen molar-refractivity contribution in [2.24, 2.45) is 23.2 Å². The van der Waals surface area contributed by atoms with Crippen LogP contribution in [0.2, 0.25) is 5.02 Å². The Morgan fingerprint density at radius 3 is 2.26 bits per heavy atom. The van der Waals surface area contributed by atoms with Crippen LogP contribution in [-0.2, 0) is 17.5 Å². The lowest BCUT2D eigenvalue weighted by Gasteiger charge is -2.56. The van der Waals surface area contributed by atoms with E-state index in [0.29, 0.717) is 6.54 Å². The molecule has 0 aromatic carbocycles. The Labute approximate surface area is 161 Å². The van der Waals surface area contributed by atoms with Crippen LogP contribution in [0.3, 0.4) is 0 Å². The van der Waals surface area contributed by atoms with Crippen molar-refractivity contribution in [3.63, 3.8) is 0 Å². The highest BCUT2D eigenvalue weighted by atomic mass is 35.5. The summed E-state index contributed by atoms with van der Waals surface area (Å²) in [5.74, 6) is 2.33. The minimum atomic E-state index is -4.59. The lowest BCUT2D eigenvalue weighted by Crippen LogP contribution is -2.51. The van der Waals surface area contributed by atoms with Crippen LogP contribution in [0, 0.1) is 30.1 Å². The molecule has 5 rings (SSSR count). The van der Waals surface area contributed by atoms with E-state index in [2.05, 4.69) is 10.4 Å². The summed E-state index contributed by atoms with van der Waals surface area (Å²) in [5, 5.41) is 6.20. The molecule has 1 amide bonds. The van der Waals surface area contributed by atoms with Gasteiger partial charge in [0.2, 0.25) is 5.91 Å². The zero-order valence-electron chi connectivity index (χ0n) is 15.4. The number of aryl methyl sites for hydroxylation is 1. The van der Waals surface area contributed by atoms with Crippen molar-refractivity contribution in [1.29, 1.82) is 0 Å². The van der Waals surface area contributed by atoms with Gasteiger partial charge in [0.25, 0.3) is 0 Å². The van der Waals surface area contributed by atoms with Gasteiger partial charge in [0.1, 0.15) is 0 Å². The lowest BCUT2D eigenvalue weighted by atomic mass is 9.49. The predicted octanol–water partition coefficient (Wildman–Crippen LogP) is 4.59. The molecule has 150 valence electrons. The van der Waals surface area contributed by atoms with E-state index in [1.54, 1.807) is 0 Å². The fourth-order valence-electron chi connectivity index (χ4n) is 6.01. The summed E-state index contributed by atoms with van der Waals surface area (Å²) >= 11 is 5.75. The molecule has 0 aliphatic heterocycles. The van der Waals surface area contributed by atoms with E-state index < -0.39 is 16.9 Å². The summed E-state index contributed by atoms with van der Waals surface area (Å²) < 4.78 is 39.8. The molecule has 4 nitrogen and oxygen atoms in total. The quantitative estimate of drug-likeness (QED) is 0.781. The fraction of sp³-hybridized carbons (Fsp3) is 0.789. The average molecular weight is 404 g/mol. The van der Waals surface area contributed by atoms with Crippen molar-refractivity contribution in [3.05, 3.63) is 16.4 Å². The monoisotopic (exact) mass is 403 g/mol. The molecule has 1 N–H and O–H groups in total. The third kappa shape index (κ3) is 3.71. The largest absolute Gasteiger partial charge is 0.436 e. The normalized spacial score (nSPS) is 32.1. The van der Waals surface area contributed by atoms with Crippen molar-refractivity contribution in [3.8, 4) is 0 Å². The van der Waals surface area contributed by atoms with Gasteiger partial charge in [-0.05, 0) is 68.6 Å². The van der Waals surface area contributed by atoms with Crippen LogP contribution < -0.4 is 5.32 Å². The topological polar surface area (TPSA) is 46.9 Å². The van der Waals surface area contributed by atoms with Gasteiger partial charge in [-0.25, -0.2) is 0 Å². The van der Waals surface area contributed by atoms with Crippen molar-refractivity contribution >= 4 is 17.5 Å². The number of nitrogens with zero attached hydrogens (tertiary/aromatic N) is 2. The Bertz CT molecular complexity index is 708. The zero-order chi connectivity index (χ0) is 19.4. The Kier molecular flexibility index (Phi) is 4.72. The molecule has 8 heteroatoms. The second kappa shape index (κ2) is 6.68. The van der Waals surface area contributed by atoms with Crippen LogP contribution >= 0.6 is 11.6 Å². The van der Waals surface area contributed by atoms with E-state index in [0.717, 1.165) is 17.8 Å². The number of rotatable bonds is 5. The Hall–Kier alpha value is -1.24. The number of carbonyl (C=O) groups is 1. The number of hydrogen-bond acceptors (Lipinski definition) is 2. The molecule has 27 heavy (non-hydrogen) atoms. The summed E-state index contributed by atoms with van der Waals surface area (Å²) in [4.78, 5) is 12.3. The Morgan fingerprint density at radius 2 is 1.78 bits per heavy atom. The summed E-state index contributed by atoms with van der Waals surface area (Å²) in [6.45, 7) is 2.27. The van der Waals surface area contributed by atoms with Gasteiger partial charge in [0.05, 0.1) is 17.3 Å². The van der Waals surface area contributed by atoms with Gasteiger partial charge in [0.15, 0.2) is 5.69 Å². The third-order valence-electron chi connectivity index (χ3n) is 6.78. The SMILES string of the molecule is Cc1c(Cl)c(C(F)(F)F)nn1CCC(=O)NCC12CC3CC(CC(C3)C1)C2. The average Bonchev–Trinajstić information content (AvgIpc) is 2.85. The molecule has 0 saturated heterocycles. The van der Waals surface area contributed by atoms with E-state index in [-0.39, 0.29) is 30.0 Å². The van der Waals surface area contributed by atoms with Gasteiger partial charge in [-0.15, -0.1) is 0 Å². The van der Waals surface area contributed by atoms with Gasteiger partial charge >= 0.3 is 6.18 Å². The van der Waals surface area contributed by atoms with Gasteiger partial charge in [-0.2, -0.15) is 18.3 Å². The first kappa shape index (κ1) is 19.1. The molecule has 4 fully saturated rings. The number of alkyl halides is 3. The first-order valence-electron chi connectivity index (χ1n) is 9.72. The number of halogens is 4. The predicted molar refractivity (Wildman–Crippen MR) is 95.2 cm³/mol. The van der Waals surface area contributed by atoms with Crippen LogP contribution in [0.25, 0.3) is 0 Å². The molecular weight excluding hydrogens is 379 g/mol. The number of nitrogens with one attached hydrogen (secondary N) is 1. The van der Waals surface area contributed by atoms with Crippen LogP contribution in [0.5, 0.6) is 0 Å². The number of aromatic nitrogens is 2. The molecular formula is C19H25ClF3N3O. The van der Waals surface area contributed by atoms with E-state index >= 15 is 0 Å². The minimum absolute atomic E-state index is 0.0916. The standard InChI is InChI=1S/C19H25ClF3N3O/c1-11-16(20)17(19(21,22)23)25-26(11)3-2-15(27)24-10-18-7-12-4-13(8-18)6-14(5-12)9-18/h12-14H,2-10H2,1H3,(H,24,27). The molecule has 0 radical (unpaired) electrons. The van der Waals surface area contributed by atoms with E-state index in [9.17, 15) is 18.0 Å². The fourth-order valence-corrected chi connectivity index (χ4v) is 6.25. The van der Waals surface area contributed by atoms with Crippen LogP contribution in [0.1, 0.15) is 56.3 Å². The van der Waals surface area contributed by atoms with Gasteiger partial charge < -0.3 is 5.32 Å². The highest BCUT2D eigenvalue weighted by Crippen LogP contribution is 2.59. The molecule has 4 aliphatic carbocycles. The lowest BCUT2D eigenvalue weighted by molar-refractivity contribution is -0.141. The number of carbonyl (C=O) groups excluding carboxylic acids is 1. The first-order chi connectivity index (χ1) is 12.7. The van der Waals surface area contributed by atoms with E-state index in [4.69, 9.17) is 11.6 Å². The van der Waals surface area contributed by atoms with Crippen molar-refractivity contribution < 1.29 is 18.0 Å². The first-order valence-corrected chi connectivity index (χ1v) is 10.1. The Balaban J connectivity index is 1.32. The third-order valence-corrected chi connectivity index (χ3v) is 7.23. The number of amides is 1. The summed E-state index contributed by atoms with van der Waals surface area (Å²) in [5.41, 5.74) is -0.604. The molecule has 4 aliphatic rings. The molecule has 1 aromatic heterocycles. The Morgan fingerprint density at radius 1 is 1.22 bits per heavy atom. The second-order valence-corrected chi connectivity index (χ2v) is 9.29. The van der Waals surface area contributed by atoms with E-state index in [1.807, 2.05) is 0 Å². The number of hydrogen-bond donors (Lipinski definition) is 1. The van der Waals surface area contributed by atoms with Crippen molar-refractivity contribution in [2.45, 2.75) is 64.6 Å². The van der Waals surface area contributed by atoms with Gasteiger partial charge in [-0.1, -0.05) is 11.6 Å². The smallest absolute Gasteiger partial charge is 0.355 e. The molecule has 1 aromatic rings. The van der Waals surface area contributed by atoms with E-state index in [1.165, 1.54) is 50.1 Å². The second-order valence-electron chi connectivity index (χ2n) is 8.91. The summed E-state index contributed by atoms with van der Waals surface area (Å²) in [7, 11) is 0. The van der Waals surface area contributed by atoms with Crippen LogP contribution in [-0.4, -0.2) is 22.2 Å². The van der Waals surface area contributed by atoms with Crippen molar-refractivity contribution in [1.82, 2.24) is 15.1 Å². The molecule has 0 spiro atoms. The maximum absolute atomic E-state index is 12.9. The summed E-state index contributed by atoms with van der Waals surface area (Å²) in [6, 6.07) is 0.